The Labute approximate surface area is 150 Å². The monoisotopic (exact) mass is 356 g/mol. The average Bonchev–Trinajstić information content (AvgIpc) is 2.96. The van der Waals surface area contributed by atoms with Crippen molar-refractivity contribution in [2.45, 2.75) is 26.2 Å². The number of hydrogen-bond donors (Lipinski definition) is 2. The fraction of sp³-hybridized carbons (Fsp3) is 0.211. The van der Waals surface area contributed by atoms with Crippen LogP contribution in [0.3, 0.4) is 0 Å². The second kappa shape index (κ2) is 7.07. The first-order valence-corrected chi connectivity index (χ1v) is 8.33. The smallest absolute Gasteiger partial charge is 0.228 e. The first-order valence-electron chi connectivity index (χ1n) is 7.95. The zero-order chi connectivity index (χ0) is 18.0. The lowest BCUT2D eigenvalue weighted by atomic mass is 10.0. The predicted octanol–water partition coefficient (Wildman–Crippen LogP) is 3.74. The zero-order valence-corrected chi connectivity index (χ0v) is 14.4. The lowest BCUT2D eigenvalue weighted by Gasteiger charge is -2.09. The van der Waals surface area contributed by atoms with Gasteiger partial charge in [-0.15, -0.1) is 0 Å². The first-order chi connectivity index (χ1) is 11.9. The fourth-order valence-electron chi connectivity index (χ4n) is 2.73. The van der Waals surface area contributed by atoms with Crippen molar-refractivity contribution < 1.29 is 14.4 Å². The minimum absolute atomic E-state index is 0.0733. The van der Waals surface area contributed by atoms with E-state index >= 15 is 0 Å². The van der Waals surface area contributed by atoms with Gasteiger partial charge in [-0.05, 0) is 48.4 Å². The van der Waals surface area contributed by atoms with Gasteiger partial charge in [-0.2, -0.15) is 0 Å². The van der Waals surface area contributed by atoms with E-state index in [1.807, 2.05) is 6.92 Å². The summed E-state index contributed by atoms with van der Waals surface area (Å²) in [5.74, 6) is -0.437. The molecule has 0 fully saturated rings. The number of halogens is 1. The summed E-state index contributed by atoms with van der Waals surface area (Å²) in [6.07, 6.45) is 0.468. The van der Waals surface area contributed by atoms with E-state index in [9.17, 15) is 14.4 Å². The maximum Gasteiger partial charge on any atom is 0.228 e. The van der Waals surface area contributed by atoms with Crippen LogP contribution in [0.1, 0.15) is 34.3 Å². The molecule has 0 saturated heterocycles. The average molecular weight is 357 g/mol. The number of amides is 2. The fourth-order valence-corrected chi connectivity index (χ4v) is 2.90. The molecule has 128 valence electrons. The standard InChI is InChI=1S/C19H17ClN2O3/c1-11-14(20)3-2-4-15(11)21-18(24)8-7-17(23)12-5-6-16-13(9-12)10-19(25)22-16/h2-6,9H,7-8,10H2,1H3,(H,21,24)(H,22,25). The van der Waals surface area contributed by atoms with Crippen LogP contribution in [-0.4, -0.2) is 17.6 Å². The number of rotatable bonds is 5. The van der Waals surface area contributed by atoms with Gasteiger partial charge in [0.25, 0.3) is 0 Å². The van der Waals surface area contributed by atoms with Gasteiger partial charge in [-0.3, -0.25) is 14.4 Å². The molecule has 2 N–H and O–H groups in total. The van der Waals surface area contributed by atoms with Gasteiger partial charge in [0, 0.05) is 34.8 Å². The number of nitrogens with one attached hydrogen (secondary N) is 2. The molecular weight excluding hydrogens is 340 g/mol. The number of carbonyl (C=O) groups excluding carboxylic acids is 3. The second-order valence-corrected chi connectivity index (χ2v) is 6.39. The molecule has 0 unspecified atom stereocenters. The highest BCUT2D eigenvalue weighted by Crippen LogP contribution is 2.25. The Kier molecular flexibility index (Phi) is 4.86. The maximum atomic E-state index is 12.3. The molecule has 0 aliphatic carbocycles. The van der Waals surface area contributed by atoms with Gasteiger partial charge in [0.05, 0.1) is 6.42 Å². The summed E-state index contributed by atoms with van der Waals surface area (Å²) >= 11 is 6.03. The molecule has 1 heterocycles. The molecule has 0 bridgehead atoms. The minimum Gasteiger partial charge on any atom is -0.326 e. The van der Waals surface area contributed by atoms with Crippen LogP contribution in [0.4, 0.5) is 11.4 Å². The molecule has 1 aliphatic heterocycles. The van der Waals surface area contributed by atoms with E-state index < -0.39 is 0 Å². The molecule has 0 radical (unpaired) electrons. The van der Waals surface area contributed by atoms with Gasteiger partial charge in [0.2, 0.25) is 11.8 Å². The van der Waals surface area contributed by atoms with Crippen LogP contribution in [0.2, 0.25) is 5.02 Å². The van der Waals surface area contributed by atoms with Crippen LogP contribution in [-0.2, 0) is 16.0 Å². The second-order valence-electron chi connectivity index (χ2n) is 5.98. The van der Waals surface area contributed by atoms with Gasteiger partial charge in [-0.1, -0.05) is 17.7 Å². The number of carbonyl (C=O) groups is 3. The van der Waals surface area contributed by atoms with Crippen molar-refractivity contribution >= 4 is 40.6 Å². The van der Waals surface area contributed by atoms with E-state index in [1.165, 1.54) is 0 Å². The minimum atomic E-state index is -0.239. The summed E-state index contributed by atoms with van der Waals surface area (Å²) in [5, 5.41) is 6.08. The number of fused-ring (bicyclic) bond motifs is 1. The molecular formula is C19H17ClN2O3. The predicted molar refractivity (Wildman–Crippen MR) is 97.2 cm³/mol. The Morgan fingerprint density at radius 3 is 2.80 bits per heavy atom. The number of anilines is 2. The lowest BCUT2D eigenvalue weighted by Crippen LogP contribution is -2.14. The van der Waals surface area contributed by atoms with Gasteiger partial charge in [0.15, 0.2) is 5.78 Å². The molecule has 2 aromatic carbocycles. The first kappa shape index (κ1) is 17.2. The van der Waals surface area contributed by atoms with E-state index in [1.54, 1.807) is 36.4 Å². The molecule has 0 atom stereocenters. The summed E-state index contributed by atoms with van der Waals surface area (Å²) in [4.78, 5) is 35.7. The third-order valence-electron chi connectivity index (χ3n) is 4.17. The molecule has 1 aliphatic rings. The molecule has 25 heavy (non-hydrogen) atoms. The normalized spacial score (nSPS) is 12.5. The number of ketones is 1. The van der Waals surface area contributed by atoms with Crippen molar-refractivity contribution in [3.8, 4) is 0 Å². The van der Waals surface area contributed by atoms with Gasteiger partial charge in [0.1, 0.15) is 0 Å². The van der Waals surface area contributed by atoms with Crippen molar-refractivity contribution in [3.63, 3.8) is 0 Å². The van der Waals surface area contributed by atoms with E-state index in [4.69, 9.17) is 11.6 Å². The van der Waals surface area contributed by atoms with Crippen LogP contribution < -0.4 is 10.6 Å². The third-order valence-corrected chi connectivity index (χ3v) is 4.58. The van der Waals surface area contributed by atoms with Crippen LogP contribution in [0.5, 0.6) is 0 Å². The van der Waals surface area contributed by atoms with Crippen molar-refractivity contribution in [2.24, 2.45) is 0 Å². The van der Waals surface area contributed by atoms with Gasteiger partial charge < -0.3 is 10.6 Å². The van der Waals surface area contributed by atoms with Crippen molar-refractivity contribution in [1.82, 2.24) is 0 Å². The number of benzene rings is 2. The van der Waals surface area contributed by atoms with Crippen LogP contribution >= 0.6 is 11.6 Å². The zero-order valence-electron chi connectivity index (χ0n) is 13.7. The maximum absolute atomic E-state index is 12.3. The van der Waals surface area contributed by atoms with E-state index in [2.05, 4.69) is 10.6 Å². The van der Waals surface area contributed by atoms with E-state index in [0.29, 0.717) is 16.3 Å². The van der Waals surface area contributed by atoms with Crippen molar-refractivity contribution in [3.05, 3.63) is 58.1 Å². The lowest BCUT2D eigenvalue weighted by molar-refractivity contribution is -0.116. The van der Waals surface area contributed by atoms with Crippen molar-refractivity contribution in [1.29, 1.82) is 0 Å². The highest BCUT2D eigenvalue weighted by atomic mass is 35.5. The molecule has 0 spiro atoms. The molecule has 0 aromatic heterocycles. The van der Waals surface area contributed by atoms with Gasteiger partial charge in [-0.25, -0.2) is 0 Å². The quantitative estimate of drug-likeness (QED) is 0.801. The summed E-state index contributed by atoms with van der Waals surface area (Å²) in [6, 6.07) is 10.4. The summed E-state index contributed by atoms with van der Waals surface area (Å²) in [5.41, 5.74) is 3.51. The Morgan fingerprint density at radius 2 is 2.00 bits per heavy atom. The van der Waals surface area contributed by atoms with Gasteiger partial charge >= 0.3 is 0 Å². The largest absolute Gasteiger partial charge is 0.326 e. The molecule has 2 amide bonds. The van der Waals surface area contributed by atoms with E-state index in [0.717, 1.165) is 16.8 Å². The van der Waals surface area contributed by atoms with Crippen molar-refractivity contribution in [2.75, 3.05) is 10.6 Å². The van der Waals surface area contributed by atoms with Crippen LogP contribution in [0.15, 0.2) is 36.4 Å². The highest BCUT2D eigenvalue weighted by molar-refractivity contribution is 6.31. The summed E-state index contributed by atoms with van der Waals surface area (Å²) in [7, 11) is 0. The number of hydrogen-bond acceptors (Lipinski definition) is 3. The Morgan fingerprint density at radius 1 is 1.20 bits per heavy atom. The SMILES string of the molecule is Cc1c(Cl)cccc1NC(=O)CCC(=O)c1ccc2c(c1)CC(=O)N2. The molecule has 2 aromatic rings. The van der Waals surface area contributed by atoms with E-state index in [-0.39, 0.29) is 36.9 Å². The van der Waals surface area contributed by atoms with Crippen LogP contribution in [0.25, 0.3) is 0 Å². The topological polar surface area (TPSA) is 75.3 Å². The van der Waals surface area contributed by atoms with Crippen LogP contribution in [0, 0.1) is 6.92 Å². The summed E-state index contributed by atoms with van der Waals surface area (Å²) < 4.78 is 0. The third kappa shape index (κ3) is 3.88. The molecule has 3 rings (SSSR count). The molecule has 6 heteroatoms. The Hall–Kier alpha value is -2.66. The number of Topliss-reactive ketones (excluding diaryl/α,β-unsaturated/α-hetero) is 1. The summed E-state index contributed by atoms with van der Waals surface area (Å²) in [6.45, 7) is 1.82. The Bertz CT molecular complexity index is 877. The molecule has 5 nitrogen and oxygen atoms in total. The Balaban J connectivity index is 1.59. The molecule has 0 saturated carbocycles. The highest BCUT2D eigenvalue weighted by Gasteiger charge is 2.19.